The smallest absolute Gasteiger partial charge is 0.191 e. The van der Waals surface area contributed by atoms with Crippen molar-refractivity contribution in [2.75, 3.05) is 19.6 Å². The predicted molar refractivity (Wildman–Crippen MR) is 81.4 cm³/mol. The van der Waals surface area contributed by atoms with Crippen LogP contribution < -0.4 is 5.73 Å². The lowest BCUT2D eigenvalue weighted by atomic mass is 10.00. The maximum absolute atomic E-state index is 5.95. The third-order valence-electron chi connectivity index (χ3n) is 3.14. The Morgan fingerprint density at radius 3 is 2.50 bits per heavy atom. The van der Waals surface area contributed by atoms with E-state index in [4.69, 9.17) is 5.73 Å². The van der Waals surface area contributed by atoms with Gasteiger partial charge in [0, 0.05) is 19.6 Å². The number of guanidine groups is 1. The number of hydrogen-bond acceptors (Lipinski definition) is 1. The fourth-order valence-electron chi connectivity index (χ4n) is 1.89. The molecule has 3 nitrogen and oxygen atoms in total. The van der Waals surface area contributed by atoms with Gasteiger partial charge < -0.3 is 10.6 Å². The molecule has 1 aliphatic rings. The van der Waals surface area contributed by atoms with Crippen molar-refractivity contribution < 1.29 is 0 Å². The molecular formula is C12H26IN3. The molecule has 1 heterocycles. The zero-order valence-corrected chi connectivity index (χ0v) is 12.9. The van der Waals surface area contributed by atoms with Gasteiger partial charge in [-0.2, -0.15) is 0 Å². The van der Waals surface area contributed by atoms with E-state index >= 15 is 0 Å². The van der Waals surface area contributed by atoms with Crippen LogP contribution in [0.15, 0.2) is 4.99 Å². The summed E-state index contributed by atoms with van der Waals surface area (Å²) in [5.41, 5.74) is 5.95. The highest BCUT2D eigenvalue weighted by atomic mass is 127. The summed E-state index contributed by atoms with van der Waals surface area (Å²) in [7, 11) is 0. The van der Waals surface area contributed by atoms with Crippen LogP contribution in [0.2, 0.25) is 0 Å². The van der Waals surface area contributed by atoms with Crippen LogP contribution in [0.5, 0.6) is 0 Å². The van der Waals surface area contributed by atoms with Gasteiger partial charge in [-0.1, -0.05) is 26.7 Å². The molecule has 0 unspecified atom stereocenters. The van der Waals surface area contributed by atoms with Crippen LogP contribution in [-0.4, -0.2) is 30.5 Å². The van der Waals surface area contributed by atoms with Gasteiger partial charge >= 0.3 is 0 Å². The molecule has 4 heteroatoms. The van der Waals surface area contributed by atoms with Gasteiger partial charge in [-0.25, -0.2) is 0 Å². The summed E-state index contributed by atoms with van der Waals surface area (Å²) in [6.45, 7) is 7.59. The second kappa shape index (κ2) is 9.07. The molecule has 1 aliphatic heterocycles. The van der Waals surface area contributed by atoms with Crippen molar-refractivity contribution in [3.05, 3.63) is 0 Å². The van der Waals surface area contributed by atoms with Gasteiger partial charge in [-0.05, 0) is 25.2 Å². The van der Waals surface area contributed by atoms with Crippen molar-refractivity contribution in [1.82, 2.24) is 4.90 Å². The topological polar surface area (TPSA) is 41.6 Å². The quantitative estimate of drug-likeness (QED) is 0.370. The zero-order valence-electron chi connectivity index (χ0n) is 10.6. The van der Waals surface area contributed by atoms with Crippen molar-refractivity contribution in [1.29, 1.82) is 0 Å². The molecule has 1 fully saturated rings. The molecule has 0 spiro atoms. The maximum Gasteiger partial charge on any atom is 0.191 e. The largest absolute Gasteiger partial charge is 0.370 e. The second-order valence-electron chi connectivity index (χ2n) is 4.62. The van der Waals surface area contributed by atoms with Crippen LogP contribution in [0.4, 0.5) is 0 Å². The van der Waals surface area contributed by atoms with E-state index in [1.807, 2.05) is 0 Å². The third-order valence-corrected chi connectivity index (χ3v) is 3.14. The van der Waals surface area contributed by atoms with Gasteiger partial charge in [0.2, 0.25) is 0 Å². The number of piperidine rings is 1. The van der Waals surface area contributed by atoms with E-state index in [1.165, 1.54) is 32.1 Å². The van der Waals surface area contributed by atoms with Crippen LogP contribution in [0.3, 0.4) is 0 Å². The number of unbranched alkanes of at least 4 members (excludes halogenated alkanes) is 2. The van der Waals surface area contributed by atoms with E-state index in [0.717, 1.165) is 31.5 Å². The standard InChI is InChI=1S/C12H25N3.HI/c1-3-4-5-8-14-12(13)15-9-6-11(2)7-10-15;/h11H,3-10H2,1-2H3,(H2,13,14);1H. The van der Waals surface area contributed by atoms with Crippen molar-refractivity contribution in [3.8, 4) is 0 Å². The van der Waals surface area contributed by atoms with Crippen LogP contribution in [-0.2, 0) is 0 Å². The monoisotopic (exact) mass is 339 g/mol. The highest BCUT2D eigenvalue weighted by Crippen LogP contribution is 2.15. The molecular weight excluding hydrogens is 313 g/mol. The molecule has 2 N–H and O–H groups in total. The lowest BCUT2D eigenvalue weighted by Crippen LogP contribution is -2.42. The number of aliphatic imine (C=N–C) groups is 1. The minimum Gasteiger partial charge on any atom is -0.370 e. The van der Waals surface area contributed by atoms with Gasteiger partial charge in [0.05, 0.1) is 0 Å². The number of nitrogens with two attached hydrogens (primary N) is 1. The van der Waals surface area contributed by atoms with E-state index in [1.54, 1.807) is 0 Å². The molecule has 1 saturated heterocycles. The number of likely N-dealkylation sites (tertiary alicyclic amines) is 1. The van der Waals surface area contributed by atoms with Gasteiger partial charge in [0.15, 0.2) is 5.96 Å². The third kappa shape index (κ3) is 5.92. The van der Waals surface area contributed by atoms with Gasteiger partial charge in [0.25, 0.3) is 0 Å². The highest BCUT2D eigenvalue weighted by molar-refractivity contribution is 14.0. The van der Waals surface area contributed by atoms with Crippen molar-refractivity contribution in [2.24, 2.45) is 16.6 Å². The molecule has 0 radical (unpaired) electrons. The van der Waals surface area contributed by atoms with Crippen molar-refractivity contribution in [3.63, 3.8) is 0 Å². The Labute approximate surface area is 117 Å². The normalized spacial score (nSPS) is 18.4. The van der Waals surface area contributed by atoms with E-state index < -0.39 is 0 Å². The van der Waals surface area contributed by atoms with Gasteiger partial charge in [-0.15, -0.1) is 24.0 Å². The van der Waals surface area contributed by atoms with Crippen LogP contribution >= 0.6 is 24.0 Å². The zero-order chi connectivity index (χ0) is 11.1. The average Bonchev–Trinajstić information content (AvgIpc) is 2.25. The summed E-state index contributed by atoms with van der Waals surface area (Å²) in [6, 6.07) is 0. The molecule has 0 saturated carbocycles. The fourth-order valence-corrected chi connectivity index (χ4v) is 1.89. The number of nitrogens with zero attached hydrogens (tertiary/aromatic N) is 2. The maximum atomic E-state index is 5.95. The van der Waals surface area contributed by atoms with E-state index in [0.29, 0.717) is 0 Å². The highest BCUT2D eigenvalue weighted by Gasteiger charge is 2.16. The Morgan fingerprint density at radius 2 is 1.94 bits per heavy atom. The number of halogens is 1. The number of rotatable bonds is 4. The fraction of sp³-hybridized carbons (Fsp3) is 0.917. The molecule has 0 aromatic heterocycles. The summed E-state index contributed by atoms with van der Waals surface area (Å²) in [5.74, 6) is 1.62. The first-order valence-electron chi connectivity index (χ1n) is 6.29. The van der Waals surface area contributed by atoms with Crippen molar-refractivity contribution >= 4 is 29.9 Å². The summed E-state index contributed by atoms with van der Waals surface area (Å²) >= 11 is 0. The van der Waals surface area contributed by atoms with Gasteiger partial charge in [0.1, 0.15) is 0 Å². The average molecular weight is 339 g/mol. The van der Waals surface area contributed by atoms with E-state index in [9.17, 15) is 0 Å². The summed E-state index contributed by atoms with van der Waals surface area (Å²) in [5, 5.41) is 0. The van der Waals surface area contributed by atoms with Crippen LogP contribution in [0, 0.1) is 5.92 Å². The second-order valence-corrected chi connectivity index (χ2v) is 4.62. The molecule has 96 valence electrons. The minimum atomic E-state index is 0. The Bertz CT molecular complexity index is 198. The van der Waals surface area contributed by atoms with E-state index in [2.05, 4.69) is 23.7 Å². The molecule has 1 rings (SSSR count). The lowest BCUT2D eigenvalue weighted by Gasteiger charge is -2.31. The molecule has 0 aromatic carbocycles. The van der Waals surface area contributed by atoms with Gasteiger partial charge in [-0.3, -0.25) is 4.99 Å². The van der Waals surface area contributed by atoms with E-state index in [-0.39, 0.29) is 24.0 Å². The summed E-state index contributed by atoms with van der Waals surface area (Å²) in [4.78, 5) is 6.66. The van der Waals surface area contributed by atoms with Crippen LogP contribution in [0.25, 0.3) is 0 Å². The summed E-state index contributed by atoms with van der Waals surface area (Å²) in [6.07, 6.45) is 6.18. The lowest BCUT2D eigenvalue weighted by molar-refractivity contribution is 0.277. The first-order chi connectivity index (χ1) is 7.24. The Hall–Kier alpha value is 0. The Morgan fingerprint density at radius 1 is 1.31 bits per heavy atom. The Kier molecular flexibility index (Phi) is 9.07. The van der Waals surface area contributed by atoms with Crippen LogP contribution in [0.1, 0.15) is 46.0 Å². The first kappa shape index (κ1) is 16.0. The molecule has 0 aliphatic carbocycles. The SMILES string of the molecule is CCCCCN=C(N)N1CCC(C)CC1.I. The minimum absolute atomic E-state index is 0. The predicted octanol–water partition coefficient (Wildman–Crippen LogP) is 2.84. The van der Waals surface area contributed by atoms with Crippen molar-refractivity contribution in [2.45, 2.75) is 46.0 Å². The first-order valence-corrected chi connectivity index (χ1v) is 6.29. The molecule has 0 bridgehead atoms. The Balaban J connectivity index is 0.00000225. The molecule has 0 aromatic rings. The molecule has 16 heavy (non-hydrogen) atoms. The summed E-state index contributed by atoms with van der Waals surface area (Å²) < 4.78 is 0. The molecule has 0 atom stereocenters. The molecule has 0 amide bonds. The number of hydrogen-bond donors (Lipinski definition) is 1.